The van der Waals surface area contributed by atoms with E-state index in [0.29, 0.717) is 0 Å². The Labute approximate surface area is 88.4 Å². The van der Waals surface area contributed by atoms with E-state index in [-0.39, 0.29) is 5.92 Å². The number of nitrogens with one attached hydrogen (secondary N) is 1. The number of carbonyl (C=O) groups excluding carboxylic acids is 1. The summed E-state index contributed by atoms with van der Waals surface area (Å²) in [4.78, 5) is 11.0. The second-order valence-electron chi connectivity index (χ2n) is 4.56. The molecule has 3 N–H and O–H groups in total. The molecule has 4 atom stereocenters. The molecule has 1 unspecified atom stereocenters. The minimum absolute atomic E-state index is 0.174. The Kier molecular flexibility index (Phi) is 2.84. The number of fused-ring (bicyclic) bond motifs is 1. The molecule has 0 aromatic rings. The van der Waals surface area contributed by atoms with E-state index in [9.17, 15) is 15.0 Å². The summed E-state index contributed by atoms with van der Waals surface area (Å²) in [6.45, 7) is 0. The summed E-state index contributed by atoms with van der Waals surface area (Å²) in [5.74, 6) is 1.67. The number of methoxy groups -OCH3 is 1. The number of rotatable bonds is 3. The highest BCUT2D eigenvalue weighted by Crippen LogP contribution is 2.55. The van der Waals surface area contributed by atoms with Gasteiger partial charge in [-0.25, -0.2) is 4.79 Å². The predicted octanol–water partition coefficient (Wildman–Crippen LogP) is 0.0678. The van der Waals surface area contributed by atoms with Crippen LogP contribution in [-0.4, -0.2) is 35.7 Å². The van der Waals surface area contributed by atoms with Gasteiger partial charge in [0.1, 0.15) is 0 Å². The van der Waals surface area contributed by atoms with Crippen molar-refractivity contribution in [3.05, 3.63) is 0 Å². The van der Waals surface area contributed by atoms with Gasteiger partial charge >= 0.3 is 6.09 Å². The van der Waals surface area contributed by atoms with Gasteiger partial charge in [0.2, 0.25) is 0 Å². The Morgan fingerprint density at radius 1 is 1.33 bits per heavy atom. The van der Waals surface area contributed by atoms with Crippen LogP contribution in [0, 0.1) is 17.8 Å². The van der Waals surface area contributed by atoms with E-state index < -0.39 is 18.4 Å². The van der Waals surface area contributed by atoms with Crippen LogP contribution >= 0.6 is 0 Å². The smallest absolute Gasteiger partial charge is 0.407 e. The summed E-state index contributed by atoms with van der Waals surface area (Å²) >= 11 is 0. The molecule has 0 aromatic heterocycles. The van der Waals surface area contributed by atoms with Crippen LogP contribution < -0.4 is 5.32 Å². The Hall–Kier alpha value is -0.810. The van der Waals surface area contributed by atoms with Crippen LogP contribution in [-0.2, 0) is 4.74 Å². The molecule has 2 aliphatic carbocycles. The number of hydrogen-bond donors (Lipinski definition) is 3. The molecule has 15 heavy (non-hydrogen) atoms. The number of aliphatic hydroxyl groups is 2. The van der Waals surface area contributed by atoms with Gasteiger partial charge in [0, 0.05) is 0 Å². The summed E-state index contributed by atoms with van der Waals surface area (Å²) in [6.07, 6.45) is 1.12. The lowest BCUT2D eigenvalue weighted by Crippen LogP contribution is -2.47. The topological polar surface area (TPSA) is 78.8 Å². The van der Waals surface area contributed by atoms with Crippen LogP contribution in [0.4, 0.5) is 4.79 Å². The molecule has 2 aliphatic rings. The van der Waals surface area contributed by atoms with E-state index >= 15 is 0 Å². The number of aliphatic hydroxyl groups excluding tert-OH is 1. The van der Waals surface area contributed by atoms with Crippen LogP contribution in [0.25, 0.3) is 0 Å². The lowest BCUT2D eigenvalue weighted by atomic mass is 9.94. The molecule has 0 heterocycles. The first kappa shape index (κ1) is 10.7. The van der Waals surface area contributed by atoms with Gasteiger partial charge in [0.25, 0.3) is 0 Å². The van der Waals surface area contributed by atoms with Crippen LogP contribution in [0.15, 0.2) is 0 Å². The Morgan fingerprint density at radius 2 is 1.93 bits per heavy atom. The van der Waals surface area contributed by atoms with Crippen molar-refractivity contribution >= 4 is 6.09 Å². The van der Waals surface area contributed by atoms with E-state index in [0.717, 1.165) is 24.7 Å². The normalized spacial score (nSPS) is 34.8. The summed E-state index contributed by atoms with van der Waals surface area (Å²) in [5, 5.41) is 20.9. The van der Waals surface area contributed by atoms with E-state index in [4.69, 9.17) is 0 Å². The molecule has 1 amide bonds. The second kappa shape index (κ2) is 3.98. The van der Waals surface area contributed by atoms with Crippen molar-refractivity contribution in [3.63, 3.8) is 0 Å². The van der Waals surface area contributed by atoms with Gasteiger partial charge in [0.15, 0.2) is 6.29 Å². The number of alkyl carbamates (subject to hydrolysis) is 1. The Balaban J connectivity index is 1.90. The molecule has 0 aliphatic heterocycles. The van der Waals surface area contributed by atoms with Crippen molar-refractivity contribution in [3.8, 4) is 0 Å². The maximum absolute atomic E-state index is 11.0. The quantitative estimate of drug-likeness (QED) is 0.582. The summed E-state index contributed by atoms with van der Waals surface area (Å²) in [5.41, 5.74) is 0. The van der Waals surface area contributed by atoms with E-state index in [1.807, 2.05) is 0 Å². The average molecular weight is 215 g/mol. The fourth-order valence-corrected chi connectivity index (χ4v) is 2.69. The highest BCUT2D eigenvalue weighted by molar-refractivity contribution is 5.67. The van der Waals surface area contributed by atoms with Crippen molar-refractivity contribution < 1.29 is 19.7 Å². The van der Waals surface area contributed by atoms with E-state index in [1.54, 1.807) is 0 Å². The molecule has 0 saturated heterocycles. The van der Waals surface area contributed by atoms with Crippen molar-refractivity contribution in [2.24, 2.45) is 17.8 Å². The van der Waals surface area contributed by atoms with Gasteiger partial charge < -0.3 is 20.3 Å². The fourth-order valence-electron chi connectivity index (χ4n) is 2.69. The van der Waals surface area contributed by atoms with Crippen molar-refractivity contribution in [1.82, 2.24) is 5.32 Å². The standard InChI is InChI=1S/C10H17NO4/c1-15-10(14)11-8(9(12)13)7-3-5-2-6(5)4-7/h5-9,12-13H,2-4H2,1H3,(H,11,14)/t5-,6+,7+,8?. The minimum Gasteiger partial charge on any atom is -0.453 e. The first-order valence-corrected chi connectivity index (χ1v) is 5.32. The summed E-state index contributed by atoms with van der Waals surface area (Å²) in [6, 6.07) is -0.592. The molecule has 5 nitrogen and oxygen atoms in total. The van der Waals surface area contributed by atoms with Crippen molar-refractivity contribution in [1.29, 1.82) is 0 Å². The second-order valence-corrected chi connectivity index (χ2v) is 4.56. The lowest BCUT2D eigenvalue weighted by molar-refractivity contribution is -0.0798. The molecule has 0 bridgehead atoms. The zero-order chi connectivity index (χ0) is 11.0. The first-order valence-electron chi connectivity index (χ1n) is 5.32. The largest absolute Gasteiger partial charge is 0.453 e. The van der Waals surface area contributed by atoms with E-state index in [1.165, 1.54) is 13.5 Å². The molecule has 2 saturated carbocycles. The van der Waals surface area contributed by atoms with Crippen LogP contribution in [0.3, 0.4) is 0 Å². The zero-order valence-corrected chi connectivity index (χ0v) is 8.72. The number of ether oxygens (including phenoxy) is 1. The SMILES string of the molecule is COC(=O)NC(C(O)O)[C@@H]1C[C@@H]2C[C@@H]2C1. The Bertz CT molecular complexity index is 246. The summed E-state index contributed by atoms with van der Waals surface area (Å²) in [7, 11) is 1.27. The lowest BCUT2D eigenvalue weighted by Gasteiger charge is -2.26. The molecule has 5 heteroatoms. The Morgan fingerprint density at radius 3 is 2.40 bits per heavy atom. The minimum atomic E-state index is -1.51. The van der Waals surface area contributed by atoms with Gasteiger partial charge in [-0.1, -0.05) is 0 Å². The zero-order valence-electron chi connectivity index (χ0n) is 8.72. The van der Waals surface area contributed by atoms with Crippen molar-refractivity contribution in [2.75, 3.05) is 7.11 Å². The fraction of sp³-hybridized carbons (Fsp3) is 0.900. The molecule has 2 fully saturated rings. The monoisotopic (exact) mass is 215 g/mol. The van der Waals surface area contributed by atoms with Gasteiger partial charge in [-0.2, -0.15) is 0 Å². The van der Waals surface area contributed by atoms with Gasteiger partial charge in [-0.15, -0.1) is 0 Å². The van der Waals surface area contributed by atoms with Gasteiger partial charge in [-0.3, -0.25) is 0 Å². The van der Waals surface area contributed by atoms with Crippen LogP contribution in [0.5, 0.6) is 0 Å². The predicted molar refractivity (Wildman–Crippen MR) is 51.9 cm³/mol. The molecule has 0 spiro atoms. The molecule has 0 radical (unpaired) electrons. The van der Waals surface area contributed by atoms with Crippen molar-refractivity contribution in [2.45, 2.75) is 31.6 Å². The third-order valence-corrected chi connectivity index (χ3v) is 3.58. The molecule has 0 aromatic carbocycles. The van der Waals surface area contributed by atoms with E-state index in [2.05, 4.69) is 10.1 Å². The van der Waals surface area contributed by atoms with Crippen LogP contribution in [0.1, 0.15) is 19.3 Å². The highest BCUT2D eigenvalue weighted by atomic mass is 16.5. The molecule has 2 rings (SSSR count). The molecule has 86 valence electrons. The number of amides is 1. The van der Waals surface area contributed by atoms with Gasteiger partial charge in [-0.05, 0) is 37.0 Å². The first-order chi connectivity index (χ1) is 7.11. The average Bonchev–Trinajstić information content (AvgIpc) is 2.81. The summed E-state index contributed by atoms with van der Waals surface area (Å²) < 4.78 is 4.46. The molecular formula is C10H17NO4. The maximum Gasteiger partial charge on any atom is 0.407 e. The third kappa shape index (κ3) is 2.23. The maximum atomic E-state index is 11.0. The third-order valence-electron chi connectivity index (χ3n) is 3.58. The highest BCUT2D eigenvalue weighted by Gasteiger charge is 2.49. The molecular weight excluding hydrogens is 198 g/mol. The number of carbonyl (C=O) groups is 1. The van der Waals surface area contributed by atoms with Gasteiger partial charge in [0.05, 0.1) is 13.2 Å². The number of hydrogen-bond acceptors (Lipinski definition) is 4. The van der Waals surface area contributed by atoms with Crippen LogP contribution in [0.2, 0.25) is 0 Å².